The predicted octanol–water partition coefficient (Wildman–Crippen LogP) is 21.0. The topological polar surface area (TPSA) is 69.6 Å². The van der Waals surface area contributed by atoms with Crippen LogP contribution < -0.4 is 5.32 Å². The van der Waals surface area contributed by atoms with E-state index in [0.29, 0.717) is 12.8 Å². The van der Waals surface area contributed by atoms with Crippen LogP contribution in [-0.4, -0.2) is 34.9 Å². The number of amides is 1. The molecule has 0 radical (unpaired) electrons. The maximum absolute atomic E-state index is 12.5. The monoisotopic (exact) mass is 956 g/mol. The van der Waals surface area contributed by atoms with Gasteiger partial charge in [-0.1, -0.05) is 334 Å². The molecule has 0 saturated carbocycles. The van der Waals surface area contributed by atoms with Crippen molar-refractivity contribution in [1.29, 1.82) is 0 Å². The van der Waals surface area contributed by atoms with E-state index in [0.717, 1.165) is 32.1 Å². The van der Waals surface area contributed by atoms with Gasteiger partial charge in [-0.15, -0.1) is 0 Å². The van der Waals surface area contributed by atoms with E-state index in [1.165, 1.54) is 302 Å². The Labute approximate surface area is 428 Å². The van der Waals surface area contributed by atoms with Gasteiger partial charge in [0.2, 0.25) is 5.91 Å². The van der Waals surface area contributed by atoms with Crippen LogP contribution in [0.4, 0.5) is 0 Å². The van der Waals surface area contributed by atoms with Crippen molar-refractivity contribution in [2.45, 2.75) is 373 Å². The van der Waals surface area contributed by atoms with E-state index in [4.69, 9.17) is 0 Å². The highest BCUT2D eigenvalue weighted by molar-refractivity contribution is 5.76. The Morgan fingerprint density at radius 2 is 0.603 bits per heavy atom. The summed E-state index contributed by atoms with van der Waals surface area (Å²) in [5, 5.41) is 23.3. The van der Waals surface area contributed by atoms with Crippen LogP contribution >= 0.6 is 0 Å². The van der Waals surface area contributed by atoms with Crippen LogP contribution in [0.5, 0.6) is 0 Å². The van der Waals surface area contributed by atoms with Gasteiger partial charge in [-0.25, -0.2) is 0 Å². The summed E-state index contributed by atoms with van der Waals surface area (Å²) in [7, 11) is 0. The van der Waals surface area contributed by atoms with Crippen molar-refractivity contribution in [3.8, 4) is 0 Å². The van der Waals surface area contributed by atoms with Gasteiger partial charge in [-0.2, -0.15) is 0 Å². The quantitative estimate of drug-likeness (QED) is 0.0420. The second kappa shape index (κ2) is 60.2. The van der Waals surface area contributed by atoms with Crippen molar-refractivity contribution in [3.05, 3.63) is 24.3 Å². The Balaban J connectivity index is 3.38. The van der Waals surface area contributed by atoms with Crippen LogP contribution in [-0.2, 0) is 4.79 Å². The van der Waals surface area contributed by atoms with Crippen LogP contribution in [0.25, 0.3) is 0 Å². The summed E-state index contributed by atoms with van der Waals surface area (Å²) in [5.41, 5.74) is 0. The lowest BCUT2D eigenvalue weighted by atomic mass is 10.0. The molecule has 0 bridgehead atoms. The van der Waals surface area contributed by atoms with Crippen molar-refractivity contribution in [1.82, 2.24) is 5.32 Å². The summed E-state index contributed by atoms with van der Waals surface area (Å²) in [5.74, 6) is -0.0251. The largest absolute Gasteiger partial charge is 0.394 e. The average molecular weight is 957 g/mol. The fraction of sp³-hybridized carbons (Fsp3) is 0.922. The van der Waals surface area contributed by atoms with Crippen molar-refractivity contribution in [2.24, 2.45) is 0 Å². The Morgan fingerprint density at radius 1 is 0.353 bits per heavy atom. The molecule has 0 aliphatic heterocycles. The van der Waals surface area contributed by atoms with Gasteiger partial charge in [0, 0.05) is 6.42 Å². The number of carbonyl (C=O) groups is 1. The van der Waals surface area contributed by atoms with Crippen LogP contribution in [0.2, 0.25) is 0 Å². The van der Waals surface area contributed by atoms with Gasteiger partial charge in [0.25, 0.3) is 0 Å². The summed E-state index contributed by atoms with van der Waals surface area (Å²) in [6, 6.07) is -0.535. The van der Waals surface area contributed by atoms with E-state index in [-0.39, 0.29) is 12.5 Å². The third-order valence-corrected chi connectivity index (χ3v) is 15.0. The molecule has 2 atom stereocenters. The molecule has 2 unspecified atom stereocenters. The first-order valence-electron chi connectivity index (χ1n) is 31.5. The predicted molar refractivity (Wildman–Crippen MR) is 304 cm³/mol. The minimum atomic E-state index is -0.658. The van der Waals surface area contributed by atoms with Crippen LogP contribution in [0, 0.1) is 0 Å². The van der Waals surface area contributed by atoms with Crippen molar-refractivity contribution in [3.63, 3.8) is 0 Å². The number of aliphatic hydroxyl groups excluding tert-OH is 2. The fourth-order valence-corrected chi connectivity index (χ4v) is 10.2. The maximum atomic E-state index is 12.5. The third kappa shape index (κ3) is 55.8. The van der Waals surface area contributed by atoms with Gasteiger partial charge in [-0.3, -0.25) is 4.79 Å². The molecule has 0 aromatic heterocycles. The summed E-state index contributed by atoms with van der Waals surface area (Å²) >= 11 is 0. The zero-order valence-corrected chi connectivity index (χ0v) is 46.7. The summed E-state index contributed by atoms with van der Waals surface area (Å²) < 4.78 is 0. The van der Waals surface area contributed by atoms with Gasteiger partial charge < -0.3 is 15.5 Å². The highest BCUT2D eigenvalue weighted by Crippen LogP contribution is 2.18. The second-order valence-electron chi connectivity index (χ2n) is 21.8. The molecular formula is C64H125NO3. The van der Waals surface area contributed by atoms with E-state index in [1.54, 1.807) is 0 Å². The van der Waals surface area contributed by atoms with Gasteiger partial charge in [0.15, 0.2) is 0 Å². The third-order valence-electron chi connectivity index (χ3n) is 15.0. The Bertz CT molecular complexity index is 994. The summed E-state index contributed by atoms with van der Waals surface area (Å²) in [6.07, 6.45) is 80.6. The molecule has 0 aromatic rings. The van der Waals surface area contributed by atoms with Gasteiger partial charge >= 0.3 is 0 Å². The molecule has 4 nitrogen and oxygen atoms in total. The second-order valence-corrected chi connectivity index (χ2v) is 21.8. The SMILES string of the molecule is CCCCCCCCCCCCCCCCC/C=C\C/C=C\CCCCCCCCCCCCCCCCCCCC(=O)NC(CO)C(O)CCCCCCCCCCCCCCCCCCC. The maximum Gasteiger partial charge on any atom is 0.220 e. The minimum Gasteiger partial charge on any atom is -0.394 e. The normalized spacial score (nSPS) is 12.8. The summed E-state index contributed by atoms with van der Waals surface area (Å²) in [6.45, 7) is 4.40. The van der Waals surface area contributed by atoms with Crippen LogP contribution in [0.3, 0.4) is 0 Å². The van der Waals surface area contributed by atoms with Gasteiger partial charge in [-0.05, 0) is 44.9 Å². The number of hydrogen-bond donors (Lipinski definition) is 3. The van der Waals surface area contributed by atoms with Crippen molar-refractivity contribution < 1.29 is 15.0 Å². The number of allylic oxidation sites excluding steroid dienone is 4. The minimum absolute atomic E-state index is 0.0251. The zero-order chi connectivity index (χ0) is 49.2. The van der Waals surface area contributed by atoms with Gasteiger partial charge in [0.05, 0.1) is 18.8 Å². The smallest absolute Gasteiger partial charge is 0.220 e. The molecule has 3 N–H and O–H groups in total. The lowest BCUT2D eigenvalue weighted by Crippen LogP contribution is -2.45. The first kappa shape index (κ1) is 66.9. The average Bonchev–Trinajstić information content (AvgIpc) is 3.34. The molecule has 0 fully saturated rings. The molecule has 0 saturated heterocycles. The number of nitrogens with one attached hydrogen (secondary N) is 1. The molecule has 4 heteroatoms. The molecule has 0 rings (SSSR count). The van der Waals surface area contributed by atoms with Gasteiger partial charge in [0.1, 0.15) is 0 Å². The molecule has 0 aliphatic rings. The molecule has 0 aliphatic carbocycles. The van der Waals surface area contributed by atoms with E-state index >= 15 is 0 Å². The van der Waals surface area contributed by atoms with Crippen molar-refractivity contribution >= 4 is 5.91 Å². The number of rotatable bonds is 59. The lowest BCUT2D eigenvalue weighted by molar-refractivity contribution is -0.123. The number of hydrogen-bond acceptors (Lipinski definition) is 3. The van der Waals surface area contributed by atoms with E-state index in [1.807, 2.05) is 0 Å². The number of aliphatic hydroxyl groups is 2. The number of unbranched alkanes of at least 4 members (excludes halogenated alkanes) is 48. The van der Waals surface area contributed by atoms with Crippen LogP contribution in [0.1, 0.15) is 361 Å². The molecular weight excluding hydrogens is 831 g/mol. The Kier molecular flexibility index (Phi) is 59.2. The Hall–Kier alpha value is -1.13. The molecule has 0 aromatic carbocycles. The van der Waals surface area contributed by atoms with Crippen molar-refractivity contribution in [2.75, 3.05) is 6.61 Å². The highest BCUT2D eigenvalue weighted by atomic mass is 16.3. The first-order chi connectivity index (χ1) is 33.7. The highest BCUT2D eigenvalue weighted by Gasteiger charge is 2.20. The zero-order valence-electron chi connectivity index (χ0n) is 46.7. The molecule has 0 heterocycles. The lowest BCUT2D eigenvalue weighted by Gasteiger charge is -2.22. The number of carbonyl (C=O) groups excluding carboxylic acids is 1. The van der Waals surface area contributed by atoms with Crippen LogP contribution in [0.15, 0.2) is 24.3 Å². The molecule has 0 spiro atoms. The molecule has 1 amide bonds. The van der Waals surface area contributed by atoms with E-state index in [2.05, 4.69) is 43.5 Å². The molecule has 404 valence electrons. The summed E-state index contributed by atoms with van der Waals surface area (Å²) in [4.78, 5) is 12.5. The fourth-order valence-electron chi connectivity index (χ4n) is 10.2. The standard InChI is InChI=1S/C64H125NO3/c1-3-5-7-9-11-13-15-17-19-21-22-23-24-25-26-27-28-29-30-31-32-33-34-35-36-37-38-39-40-41-42-44-46-48-50-52-54-56-58-60-64(68)65-62(61-66)63(67)59-57-55-53-51-49-47-45-43-20-18-16-14-12-10-8-6-4-2/h28-29,31-32,62-63,66-67H,3-27,30,33-61H2,1-2H3,(H,65,68)/b29-28-,32-31-. The Morgan fingerprint density at radius 3 is 0.882 bits per heavy atom. The van der Waals surface area contributed by atoms with E-state index in [9.17, 15) is 15.0 Å². The van der Waals surface area contributed by atoms with E-state index < -0.39 is 12.1 Å². The molecule has 68 heavy (non-hydrogen) atoms. The first-order valence-corrected chi connectivity index (χ1v) is 31.5.